The fourth-order valence-electron chi connectivity index (χ4n) is 1.90. The molecule has 1 fully saturated rings. The predicted octanol–water partition coefficient (Wildman–Crippen LogP) is 0.587. The van der Waals surface area contributed by atoms with Crippen LogP contribution in [-0.4, -0.2) is 36.7 Å². The average Bonchev–Trinajstić information content (AvgIpc) is 2.82. The molecule has 16 heavy (non-hydrogen) atoms. The Morgan fingerprint density at radius 2 is 2.12 bits per heavy atom. The minimum absolute atomic E-state index is 0.597. The molecule has 0 unspecified atom stereocenters. The van der Waals surface area contributed by atoms with Crippen molar-refractivity contribution in [3.05, 3.63) is 11.8 Å². The Labute approximate surface area is 95.6 Å². The summed E-state index contributed by atoms with van der Waals surface area (Å²) in [5, 5.41) is 0. The second-order valence-corrected chi connectivity index (χ2v) is 3.93. The summed E-state index contributed by atoms with van der Waals surface area (Å²) in [6, 6.07) is 1.85. The van der Waals surface area contributed by atoms with Gasteiger partial charge in [-0.25, -0.2) is 4.98 Å². The van der Waals surface area contributed by atoms with Gasteiger partial charge >= 0.3 is 0 Å². The van der Waals surface area contributed by atoms with Crippen LogP contribution in [0.1, 0.15) is 18.5 Å². The summed E-state index contributed by atoms with van der Waals surface area (Å²) in [6.07, 6.45) is 3.19. The molecule has 1 aromatic heterocycles. The maximum atomic E-state index is 5.54. The Morgan fingerprint density at radius 1 is 1.38 bits per heavy atom. The summed E-state index contributed by atoms with van der Waals surface area (Å²) >= 11 is 0. The molecule has 2 heterocycles. The van der Waals surface area contributed by atoms with Gasteiger partial charge in [0.25, 0.3) is 0 Å². The number of nitrogens with zero attached hydrogens (tertiary/aromatic N) is 3. The van der Waals surface area contributed by atoms with Crippen LogP contribution >= 0.6 is 0 Å². The Morgan fingerprint density at radius 3 is 2.75 bits per heavy atom. The normalized spacial score (nSPS) is 15.5. The lowest BCUT2D eigenvalue weighted by Crippen LogP contribution is -2.21. The highest BCUT2D eigenvalue weighted by atomic mass is 16.5. The van der Waals surface area contributed by atoms with Crippen LogP contribution in [0.25, 0.3) is 0 Å². The van der Waals surface area contributed by atoms with E-state index in [1.165, 1.54) is 12.8 Å². The zero-order chi connectivity index (χ0) is 11.4. The molecule has 0 bridgehead atoms. The zero-order valence-electron chi connectivity index (χ0n) is 9.65. The number of nitrogens with two attached hydrogens (primary N) is 1. The van der Waals surface area contributed by atoms with Crippen LogP contribution in [0.4, 0.5) is 5.95 Å². The van der Waals surface area contributed by atoms with E-state index in [-0.39, 0.29) is 0 Å². The average molecular weight is 222 g/mol. The van der Waals surface area contributed by atoms with Gasteiger partial charge in [0.1, 0.15) is 0 Å². The molecule has 0 aliphatic carbocycles. The van der Waals surface area contributed by atoms with Crippen molar-refractivity contribution in [1.82, 2.24) is 9.97 Å². The summed E-state index contributed by atoms with van der Waals surface area (Å²) < 4.78 is 5.18. The van der Waals surface area contributed by atoms with Crippen molar-refractivity contribution in [2.45, 2.75) is 19.3 Å². The standard InChI is InChI=1S/C11H18N4O/c1-16-10-8-9(4-5-12)13-11(14-10)15-6-2-3-7-15/h8H,2-7,12H2,1H3. The van der Waals surface area contributed by atoms with E-state index in [1.807, 2.05) is 6.07 Å². The lowest BCUT2D eigenvalue weighted by molar-refractivity contribution is 0.396. The van der Waals surface area contributed by atoms with E-state index in [4.69, 9.17) is 10.5 Å². The molecule has 1 aromatic rings. The van der Waals surface area contributed by atoms with E-state index in [9.17, 15) is 0 Å². The second kappa shape index (κ2) is 5.12. The molecule has 1 aliphatic rings. The van der Waals surface area contributed by atoms with Crippen molar-refractivity contribution in [2.75, 3.05) is 31.6 Å². The minimum Gasteiger partial charge on any atom is -0.481 e. The van der Waals surface area contributed by atoms with Crippen molar-refractivity contribution >= 4 is 5.95 Å². The third kappa shape index (κ3) is 2.41. The topological polar surface area (TPSA) is 64.3 Å². The molecule has 0 radical (unpaired) electrons. The number of hydrogen-bond donors (Lipinski definition) is 1. The molecular formula is C11H18N4O. The maximum absolute atomic E-state index is 5.54. The smallest absolute Gasteiger partial charge is 0.228 e. The van der Waals surface area contributed by atoms with Crippen molar-refractivity contribution in [3.63, 3.8) is 0 Å². The third-order valence-corrected chi connectivity index (χ3v) is 2.74. The van der Waals surface area contributed by atoms with Crippen LogP contribution in [0.3, 0.4) is 0 Å². The van der Waals surface area contributed by atoms with Gasteiger partial charge < -0.3 is 15.4 Å². The molecule has 5 nitrogen and oxygen atoms in total. The van der Waals surface area contributed by atoms with Crippen LogP contribution < -0.4 is 15.4 Å². The highest BCUT2D eigenvalue weighted by molar-refractivity contribution is 5.35. The molecule has 1 aliphatic heterocycles. The maximum Gasteiger partial charge on any atom is 0.228 e. The monoisotopic (exact) mass is 222 g/mol. The van der Waals surface area contributed by atoms with E-state index in [2.05, 4.69) is 14.9 Å². The fraction of sp³-hybridized carbons (Fsp3) is 0.636. The van der Waals surface area contributed by atoms with Gasteiger partial charge in [0.15, 0.2) is 0 Å². The van der Waals surface area contributed by atoms with Crippen molar-refractivity contribution in [2.24, 2.45) is 5.73 Å². The zero-order valence-corrected chi connectivity index (χ0v) is 9.65. The van der Waals surface area contributed by atoms with E-state index < -0.39 is 0 Å². The summed E-state index contributed by atoms with van der Waals surface area (Å²) in [7, 11) is 1.63. The van der Waals surface area contributed by atoms with Crippen molar-refractivity contribution in [1.29, 1.82) is 0 Å². The molecule has 0 saturated carbocycles. The SMILES string of the molecule is COc1cc(CCN)nc(N2CCCC2)n1. The van der Waals surface area contributed by atoms with Crippen LogP contribution in [0.2, 0.25) is 0 Å². The molecule has 2 rings (SSSR count). The van der Waals surface area contributed by atoms with Gasteiger partial charge in [-0.1, -0.05) is 0 Å². The van der Waals surface area contributed by atoms with E-state index >= 15 is 0 Å². The highest BCUT2D eigenvalue weighted by Gasteiger charge is 2.16. The summed E-state index contributed by atoms with van der Waals surface area (Å²) in [5.41, 5.74) is 6.50. The molecule has 5 heteroatoms. The van der Waals surface area contributed by atoms with Crippen LogP contribution in [-0.2, 0) is 6.42 Å². The van der Waals surface area contributed by atoms with Crippen LogP contribution in [0.5, 0.6) is 5.88 Å². The van der Waals surface area contributed by atoms with Crippen LogP contribution in [0, 0.1) is 0 Å². The predicted molar refractivity (Wildman–Crippen MR) is 62.8 cm³/mol. The largest absolute Gasteiger partial charge is 0.481 e. The quantitative estimate of drug-likeness (QED) is 0.807. The molecule has 2 N–H and O–H groups in total. The first-order chi connectivity index (χ1) is 7.83. The van der Waals surface area contributed by atoms with Gasteiger partial charge in [-0.2, -0.15) is 4.98 Å². The Balaban J connectivity index is 2.24. The fourth-order valence-corrected chi connectivity index (χ4v) is 1.90. The number of methoxy groups -OCH3 is 1. The number of anilines is 1. The Kier molecular flexibility index (Phi) is 3.56. The molecule has 0 atom stereocenters. The van der Waals surface area contributed by atoms with Gasteiger partial charge in [-0.3, -0.25) is 0 Å². The van der Waals surface area contributed by atoms with Gasteiger partial charge in [0, 0.05) is 25.6 Å². The van der Waals surface area contributed by atoms with E-state index in [1.54, 1.807) is 7.11 Å². The first kappa shape index (κ1) is 11.1. The highest BCUT2D eigenvalue weighted by Crippen LogP contribution is 2.19. The lowest BCUT2D eigenvalue weighted by atomic mass is 10.3. The molecule has 1 saturated heterocycles. The third-order valence-electron chi connectivity index (χ3n) is 2.74. The summed E-state index contributed by atoms with van der Waals surface area (Å²) in [6.45, 7) is 2.67. The first-order valence-electron chi connectivity index (χ1n) is 5.70. The number of rotatable bonds is 4. The van der Waals surface area contributed by atoms with E-state index in [0.717, 1.165) is 31.2 Å². The Hall–Kier alpha value is -1.36. The summed E-state index contributed by atoms with van der Waals surface area (Å²) in [5.74, 6) is 1.40. The van der Waals surface area contributed by atoms with E-state index in [0.29, 0.717) is 12.4 Å². The van der Waals surface area contributed by atoms with Crippen LogP contribution in [0.15, 0.2) is 6.07 Å². The lowest BCUT2D eigenvalue weighted by Gasteiger charge is -2.16. The molecular weight excluding hydrogens is 204 g/mol. The molecule has 0 spiro atoms. The van der Waals surface area contributed by atoms with Crippen molar-refractivity contribution in [3.8, 4) is 5.88 Å². The van der Waals surface area contributed by atoms with Crippen molar-refractivity contribution < 1.29 is 4.74 Å². The van der Waals surface area contributed by atoms with Gasteiger partial charge in [0.2, 0.25) is 11.8 Å². The molecule has 0 amide bonds. The van der Waals surface area contributed by atoms with Gasteiger partial charge in [-0.15, -0.1) is 0 Å². The minimum atomic E-state index is 0.597. The number of aromatic nitrogens is 2. The van der Waals surface area contributed by atoms with Gasteiger partial charge in [0.05, 0.1) is 12.8 Å². The number of hydrogen-bond acceptors (Lipinski definition) is 5. The van der Waals surface area contributed by atoms with Gasteiger partial charge in [-0.05, 0) is 19.4 Å². The first-order valence-corrected chi connectivity index (χ1v) is 5.70. The molecule has 0 aromatic carbocycles. The second-order valence-electron chi connectivity index (χ2n) is 3.93. The summed E-state index contributed by atoms with van der Waals surface area (Å²) in [4.78, 5) is 11.1. The number of ether oxygens (including phenoxy) is 1. The Bertz CT molecular complexity index is 350. The molecule has 88 valence electrons.